The Bertz CT molecular complexity index is 752. The van der Waals surface area contributed by atoms with E-state index in [9.17, 15) is 18.0 Å². The van der Waals surface area contributed by atoms with Crippen molar-refractivity contribution in [1.29, 1.82) is 0 Å². The largest absolute Gasteiger partial charge is 0.496 e. The summed E-state index contributed by atoms with van der Waals surface area (Å²) in [4.78, 5) is 14.6. The second kappa shape index (κ2) is 6.78. The average Bonchev–Trinajstić information content (AvgIpc) is 3.43. The van der Waals surface area contributed by atoms with Gasteiger partial charge in [0.05, 0.1) is 18.2 Å². The quantitative estimate of drug-likeness (QED) is 0.794. The van der Waals surface area contributed by atoms with Crippen LogP contribution < -0.4 is 4.74 Å². The third-order valence-electron chi connectivity index (χ3n) is 4.22. The maximum Gasteiger partial charge on any atom is 0.416 e. The van der Waals surface area contributed by atoms with Crippen LogP contribution in [0.1, 0.15) is 34.3 Å². The molecule has 3 nitrogen and oxygen atoms in total. The summed E-state index contributed by atoms with van der Waals surface area (Å²) in [7, 11) is 1.50. The molecular weight excluding hydrogens is 331 g/mol. The summed E-state index contributed by atoms with van der Waals surface area (Å²) >= 11 is 0. The van der Waals surface area contributed by atoms with E-state index in [0.29, 0.717) is 16.9 Å². The summed E-state index contributed by atoms with van der Waals surface area (Å²) in [5.74, 6) is 0.324. The number of rotatable bonds is 5. The fraction of sp³-hybridized carbons (Fsp3) is 0.316. The molecule has 0 heterocycles. The summed E-state index contributed by atoms with van der Waals surface area (Å²) in [6, 6.07) is 12.0. The van der Waals surface area contributed by atoms with Crippen molar-refractivity contribution in [1.82, 2.24) is 4.90 Å². The fourth-order valence-corrected chi connectivity index (χ4v) is 2.72. The van der Waals surface area contributed by atoms with E-state index in [2.05, 4.69) is 0 Å². The number of halogens is 3. The zero-order valence-electron chi connectivity index (χ0n) is 13.7. The first kappa shape index (κ1) is 17.3. The number of ether oxygens (including phenoxy) is 1. The lowest BCUT2D eigenvalue weighted by molar-refractivity contribution is -0.137. The molecule has 0 atom stereocenters. The molecule has 1 aliphatic carbocycles. The number of carbonyl (C=O) groups excluding carboxylic acids is 1. The van der Waals surface area contributed by atoms with Gasteiger partial charge in [-0.05, 0) is 42.7 Å². The van der Waals surface area contributed by atoms with Crippen molar-refractivity contribution in [2.45, 2.75) is 31.6 Å². The highest BCUT2D eigenvalue weighted by atomic mass is 19.4. The van der Waals surface area contributed by atoms with Gasteiger partial charge in [0.25, 0.3) is 5.91 Å². The van der Waals surface area contributed by atoms with Crippen LogP contribution in [0.15, 0.2) is 48.5 Å². The van der Waals surface area contributed by atoms with Crippen molar-refractivity contribution in [2.24, 2.45) is 0 Å². The van der Waals surface area contributed by atoms with Gasteiger partial charge in [-0.3, -0.25) is 4.79 Å². The minimum absolute atomic E-state index is 0.125. The number of alkyl halides is 3. The standard InChI is InChI=1S/C19H18F3NO2/c1-25-17-5-3-2-4-16(17)18(24)23(15-10-11-15)12-13-6-8-14(9-7-13)19(20,21)22/h2-9,15H,10-12H2,1H3. The lowest BCUT2D eigenvalue weighted by Gasteiger charge is -2.23. The van der Waals surface area contributed by atoms with Gasteiger partial charge in [0.1, 0.15) is 5.75 Å². The Morgan fingerprint density at radius 3 is 2.32 bits per heavy atom. The molecule has 0 aromatic heterocycles. The predicted molar refractivity (Wildman–Crippen MR) is 87.3 cm³/mol. The molecule has 1 saturated carbocycles. The van der Waals surface area contributed by atoms with Crippen LogP contribution in [0, 0.1) is 0 Å². The molecule has 0 saturated heterocycles. The van der Waals surface area contributed by atoms with Gasteiger partial charge >= 0.3 is 6.18 Å². The molecule has 0 radical (unpaired) electrons. The van der Waals surface area contributed by atoms with Crippen molar-refractivity contribution < 1.29 is 22.7 Å². The van der Waals surface area contributed by atoms with Crippen LogP contribution in [0.4, 0.5) is 13.2 Å². The normalized spacial score (nSPS) is 14.2. The Balaban J connectivity index is 1.81. The molecule has 6 heteroatoms. The van der Waals surface area contributed by atoms with E-state index in [1.54, 1.807) is 29.2 Å². The Kier molecular flexibility index (Phi) is 4.70. The van der Waals surface area contributed by atoms with Crippen molar-refractivity contribution in [3.05, 3.63) is 65.2 Å². The first-order chi connectivity index (χ1) is 11.9. The second-order valence-corrected chi connectivity index (χ2v) is 6.06. The van der Waals surface area contributed by atoms with Gasteiger partial charge in [-0.1, -0.05) is 24.3 Å². The monoisotopic (exact) mass is 349 g/mol. The van der Waals surface area contributed by atoms with E-state index in [1.807, 2.05) is 0 Å². The number of para-hydroxylation sites is 1. The van der Waals surface area contributed by atoms with Crippen molar-refractivity contribution in [3.63, 3.8) is 0 Å². The molecule has 0 unspecified atom stereocenters. The summed E-state index contributed by atoms with van der Waals surface area (Å²) < 4.78 is 43.3. The molecule has 0 bridgehead atoms. The molecular formula is C19H18F3NO2. The van der Waals surface area contributed by atoms with E-state index < -0.39 is 11.7 Å². The predicted octanol–water partition coefficient (Wildman–Crippen LogP) is 4.52. The number of amides is 1. The van der Waals surface area contributed by atoms with Crippen LogP contribution in [-0.4, -0.2) is 24.0 Å². The van der Waals surface area contributed by atoms with Crippen LogP contribution in [-0.2, 0) is 12.7 Å². The van der Waals surface area contributed by atoms with Crippen LogP contribution in [0.25, 0.3) is 0 Å². The summed E-state index contributed by atoms with van der Waals surface area (Å²) in [6.07, 6.45) is -2.55. The molecule has 25 heavy (non-hydrogen) atoms. The van der Waals surface area contributed by atoms with E-state index >= 15 is 0 Å². The maximum absolute atomic E-state index is 12.9. The molecule has 2 aromatic rings. The Labute approximate surface area is 144 Å². The number of methoxy groups -OCH3 is 1. The van der Waals surface area contributed by atoms with Crippen LogP contribution in [0.5, 0.6) is 5.75 Å². The Hall–Kier alpha value is -2.50. The van der Waals surface area contributed by atoms with Gasteiger partial charge < -0.3 is 9.64 Å². The molecule has 1 amide bonds. The van der Waals surface area contributed by atoms with Gasteiger partial charge in [-0.15, -0.1) is 0 Å². The van der Waals surface area contributed by atoms with Crippen LogP contribution >= 0.6 is 0 Å². The first-order valence-electron chi connectivity index (χ1n) is 8.00. The number of nitrogens with zero attached hydrogens (tertiary/aromatic N) is 1. The lowest BCUT2D eigenvalue weighted by atomic mass is 10.1. The molecule has 1 fully saturated rings. The molecule has 2 aromatic carbocycles. The minimum atomic E-state index is -4.36. The summed E-state index contributed by atoms with van der Waals surface area (Å²) in [5.41, 5.74) is 0.442. The summed E-state index contributed by atoms with van der Waals surface area (Å²) in [6.45, 7) is 0.277. The zero-order valence-corrected chi connectivity index (χ0v) is 13.7. The van der Waals surface area contributed by atoms with Gasteiger partial charge in [0.15, 0.2) is 0 Å². The van der Waals surface area contributed by atoms with Crippen molar-refractivity contribution >= 4 is 5.91 Å². The van der Waals surface area contributed by atoms with E-state index in [0.717, 1.165) is 25.0 Å². The topological polar surface area (TPSA) is 29.5 Å². The molecule has 1 aliphatic rings. The molecule has 3 rings (SSSR count). The van der Waals surface area contributed by atoms with Gasteiger partial charge in [-0.25, -0.2) is 0 Å². The number of hydrogen-bond donors (Lipinski definition) is 0. The third-order valence-corrected chi connectivity index (χ3v) is 4.22. The lowest BCUT2D eigenvalue weighted by Crippen LogP contribution is -2.32. The minimum Gasteiger partial charge on any atom is -0.496 e. The van der Waals surface area contributed by atoms with E-state index in [-0.39, 0.29) is 18.5 Å². The molecule has 0 aliphatic heterocycles. The van der Waals surface area contributed by atoms with Crippen molar-refractivity contribution in [2.75, 3.05) is 7.11 Å². The molecule has 132 valence electrons. The average molecular weight is 349 g/mol. The number of carbonyl (C=O) groups is 1. The van der Waals surface area contributed by atoms with Gasteiger partial charge in [0.2, 0.25) is 0 Å². The van der Waals surface area contributed by atoms with Gasteiger partial charge in [0, 0.05) is 12.6 Å². The number of benzene rings is 2. The first-order valence-corrected chi connectivity index (χ1v) is 8.00. The maximum atomic E-state index is 12.9. The second-order valence-electron chi connectivity index (χ2n) is 6.06. The summed E-state index contributed by atoms with van der Waals surface area (Å²) in [5, 5.41) is 0. The van der Waals surface area contributed by atoms with E-state index in [4.69, 9.17) is 4.74 Å². The van der Waals surface area contributed by atoms with Gasteiger partial charge in [-0.2, -0.15) is 13.2 Å². The van der Waals surface area contributed by atoms with Crippen LogP contribution in [0.2, 0.25) is 0 Å². The third kappa shape index (κ3) is 3.95. The molecule has 0 N–H and O–H groups in total. The highest BCUT2D eigenvalue weighted by Crippen LogP contribution is 2.33. The zero-order chi connectivity index (χ0) is 18.0. The van der Waals surface area contributed by atoms with Crippen LogP contribution in [0.3, 0.4) is 0 Å². The Morgan fingerprint density at radius 2 is 1.76 bits per heavy atom. The fourth-order valence-electron chi connectivity index (χ4n) is 2.72. The smallest absolute Gasteiger partial charge is 0.416 e. The molecule has 0 spiro atoms. The Morgan fingerprint density at radius 1 is 1.12 bits per heavy atom. The van der Waals surface area contributed by atoms with Crippen molar-refractivity contribution in [3.8, 4) is 5.75 Å². The number of hydrogen-bond acceptors (Lipinski definition) is 2. The SMILES string of the molecule is COc1ccccc1C(=O)N(Cc1ccc(C(F)(F)F)cc1)C1CC1. The van der Waals surface area contributed by atoms with E-state index in [1.165, 1.54) is 19.2 Å². The highest BCUT2D eigenvalue weighted by molar-refractivity contribution is 5.97. The highest BCUT2D eigenvalue weighted by Gasteiger charge is 2.34.